The first-order valence-electron chi connectivity index (χ1n) is 12.3. The van der Waals surface area contributed by atoms with E-state index in [9.17, 15) is 4.79 Å². The number of anilines is 3. The van der Waals surface area contributed by atoms with Crippen molar-refractivity contribution in [2.45, 2.75) is 13.8 Å². The van der Waals surface area contributed by atoms with Gasteiger partial charge in [0.25, 0.3) is 5.56 Å². The van der Waals surface area contributed by atoms with Crippen LogP contribution >= 0.6 is 11.6 Å². The third-order valence-corrected chi connectivity index (χ3v) is 7.30. The largest absolute Gasteiger partial charge is 0.366 e. The molecule has 0 amide bonds. The molecular formula is C27H26ClFN8O. The third kappa shape index (κ3) is 4.06. The first-order chi connectivity index (χ1) is 18.3. The molecule has 5 aromatic rings. The van der Waals surface area contributed by atoms with Crippen molar-refractivity contribution in [3.63, 3.8) is 0 Å². The molecule has 6 rings (SSSR count). The number of nitrogens with one attached hydrogen (secondary N) is 1. The molecule has 1 N–H and O–H groups in total. The molecule has 2 aromatic carbocycles. The van der Waals surface area contributed by atoms with Gasteiger partial charge in [-0.15, -0.1) is 0 Å². The van der Waals surface area contributed by atoms with Gasteiger partial charge in [0.05, 0.1) is 21.8 Å². The summed E-state index contributed by atoms with van der Waals surface area (Å²) in [5.74, 6) is -0.0638. The van der Waals surface area contributed by atoms with Crippen LogP contribution in [0.15, 0.2) is 53.7 Å². The van der Waals surface area contributed by atoms with Crippen molar-refractivity contribution >= 4 is 45.5 Å². The first-order valence-corrected chi connectivity index (χ1v) is 12.7. The van der Waals surface area contributed by atoms with Crippen molar-refractivity contribution in [1.82, 2.24) is 29.0 Å². The number of aryl methyl sites for hydroxylation is 2. The summed E-state index contributed by atoms with van der Waals surface area (Å²) in [5.41, 5.74) is 3.90. The molecule has 4 heterocycles. The fraction of sp³-hybridized carbons (Fsp3) is 0.259. The molecule has 3 aromatic heterocycles. The van der Waals surface area contributed by atoms with Gasteiger partial charge in [-0.3, -0.25) is 4.79 Å². The lowest BCUT2D eigenvalue weighted by Crippen LogP contribution is -2.45. The minimum Gasteiger partial charge on any atom is -0.366 e. The van der Waals surface area contributed by atoms with Crippen LogP contribution in [0.5, 0.6) is 0 Å². The van der Waals surface area contributed by atoms with Crippen LogP contribution in [-0.4, -0.2) is 62.3 Å². The molecule has 9 nitrogen and oxygen atoms in total. The van der Waals surface area contributed by atoms with E-state index in [0.29, 0.717) is 38.6 Å². The minimum absolute atomic E-state index is 0.236. The van der Waals surface area contributed by atoms with Gasteiger partial charge < -0.3 is 15.1 Å². The van der Waals surface area contributed by atoms with Crippen LogP contribution < -0.4 is 15.8 Å². The van der Waals surface area contributed by atoms with Gasteiger partial charge in [-0.25, -0.2) is 28.5 Å². The number of likely N-dealkylation sites (N-methyl/N-ethyl adjacent to an activating group) is 1. The number of halogens is 2. The van der Waals surface area contributed by atoms with Crippen molar-refractivity contribution in [3.05, 3.63) is 81.2 Å². The number of aromatic nitrogens is 5. The number of nitrogens with zero attached hydrogens (tertiary/aromatic N) is 7. The molecule has 0 unspecified atom stereocenters. The molecule has 0 spiro atoms. The molecule has 1 aliphatic rings. The lowest BCUT2D eigenvalue weighted by atomic mass is 10.1. The highest BCUT2D eigenvalue weighted by molar-refractivity contribution is 6.32. The van der Waals surface area contributed by atoms with Gasteiger partial charge >= 0.3 is 0 Å². The number of fused-ring (bicyclic) bond motifs is 3. The maximum Gasteiger partial charge on any atom is 0.281 e. The second kappa shape index (κ2) is 9.38. The summed E-state index contributed by atoms with van der Waals surface area (Å²) in [6.45, 7) is 7.13. The summed E-state index contributed by atoms with van der Waals surface area (Å²) < 4.78 is 18.3. The van der Waals surface area contributed by atoms with Crippen LogP contribution in [0.4, 0.5) is 21.7 Å². The Bertz CT molecular complexity index is 1710. The molecule has 194 valence electrons. The van der Waals surface area contributed by atoms with Crippen molar-refractivity contribution < 1.29 is 4.39 Å². The maximum absolute atomic E-state index is 15.2. The van der Waals surface area contributed by atoms with Crippen LogP contribution in [-0.2, 0) is 0 Å². The Balaban J connectivity index is 1.40. The first kappa shape index (κ1) is 24.3. The summed E-state index contributed by atoms with van der Waals surface area (Å²) in [6.07, 6.45) is 4.75. The van der Waals surface area contributed by atoms with Gasteiger partial charge in [0.2, 0.25) is 5.95 Å². The number of para-hydroxylation sites is 1. The van der Waals surface area contributed by atoms with Crippen molar-refractivity contribution in [2.75, 3.05) is 43.4 Å². The predicted molar refractivity (Wildman–Crippen MR) is 148 cm³/mol. The van der Waals surface area contributed by atoms with E-state index in [2.05, 4.69) is 37.1 Å². The number of hydrogen-bond donors (Lipinski definition) is 1. The number of benzene rings is 2. The summed E-state index contributed by atoms with van der Waals surface area (Å²) in [5, 5.41) is 3.84. The summed E-state index contributed by atoms with van der Waals surface area (Å²) in [6, 6.07) is 8.80. The quantitative estimate of drug-likeness (QED) is 0.369. The normalized spacial score (nSPS) is 14.5. The smallest absolute Gasteiger partial charge is 0.281 e. The predicted octanol–water partition coefficient (Wildman–Crippen LogP) is 4.33. The standard InChI is InChI=1S/C27H26ClFN8O/c1-16-5-4-6-20(28)23(16)37-26(38)19-15-31-27(33-22(19)25-30-7-8-36(25)37)32-18-13-17(2)24(21(29)14-18)35-11-9-34(3)10-12-35/h4-8,13-15H,9-12H2,1-3H3,(H,31,32,33). The average Bonchev–Trinajstić information content (AvgIpc) is 3.36. The summed E-state index contributed by atoms with van der Waals surface area (Å²) >= 11 is 6.49. The highest BCUT2D eigenvalue weighted by Crippen LogP contribution is 2.30. The average molecular weight is 533 g/mol. The lowest BCUT2D eigenvalue weighted by molar-refractivity contribution is 0.311. The monoisotopic (exact) mass is 532 g/mol. The Labute approximate surface area is 223 Å². The van der Waals surface area contributed by atoms with Crippen molar-refractivity contribution in [2.24, 2.45) is 0 Å². The van der Waals surface area contributed by atoms with Gasteiger partial charge in [-0.05, 0) is 50.2 Å². The fourth-order valence-electron chi connectivity index (χ4n) is 5.08. The van der Waals surface area contributed by atoms with Crippen LogP contribution in [0.25, 0.3) is 22.2 Å². The molecule has 0 aliphatic carbocycles. The molecule has 11 heteroatoms. The molecule has 38 heavy (non-hydrogen) atoms. The molecule has 0 bridgehead atoms. The van der Waals surface area contributed by atoms with Crippen molar-refractivity contribution in [3.8, 4) is 5.69 Å². The molecule has 1 fully saturated rings. The van der Waals surface area contributed by atoms with Gasteiger partial charge in [-0.2, -0.15) is 0 Å². The van der Waals surface area contributed by atoms with Gasteiger partial charge in [0, 0.05) is 50.5 Å². The highest BCUT2D eigenvalue weighted by Gasteiger charge is 2.21. The number of piperazine rings is 1. The Hall–Kier alpha value is -4.02. The van der Waals surface area contributed by atoms with Crippen LogP contribution in [0, 0.1) is 19.7 Å². The Morgan fingerprint density at radius 2 is 1.82 bits per heavy atom. The number of imidazole rings is 1. The molecule has 1 aliphatic heterocycles. The van der Waals surface area contributed by atoms with E-state index >= 15 is 4.39 Å². The maximum atomic E-state index is 15.2. The molecule has 0 radical (unpaired) electrons. The van der Waals surface area contributed by atoms with Gasteiger partial charge in [0.1, 0.15) is 11.3 Å². The van der Waals surface area contributed by atoms with Crippen LogP contribution in [0.1, 0.15) is 11.1 Å². The Morgan fingerprint density at radius 3 is 2.55 bits per heavy atom. The van der Waals surface area contributed by atoms with Crippen LogP contribution in [0.3, 0.4) is 0 Å². The zero-order valence-corrected chi connectivity index (χ0v) is 22.0. The van der Waals surface area contributed by atoms with E-state index in [-0.39, 0.29) is 17.3 Å². The third-order valence-electron chi connectivity index (χ3n) is 6.99. The number of hydrogen-bond acceptors (Lipinski definition) is 7. The van der Waals surface area contributed by atoms with E-state index in [1.807, 2.05) is 32.0 Å². The van der Waals surface area contributed by atoms with Gasteiger partial charge in [-0.1, -0.05) is 23.7 Å². The van der Waals surface area contributed by atoms with Crippen LogP contribution in [0.2, 0.25) is 5.02 Å². The van der Waals surface area contributed by atoms with E-state index in [4.69, 9.17) is 11.6 Å². The van der Waals surface area contributed by atoms with E-state index in [1.54, 1.807) is 23.0 Å². The second-order valence-corrected chi connectivity index (χ2v) is 10.0. The molecular weight excluding hydrogens is 507 g/mol. The lowest BCUT2D eigenvalue weighted by Gasteiger charge is -2.35. The fourth-order valence-corrected chi connectivity index (χ4v) is 5.38. The van der Waals surface area contributed by atoms with E-state index in [0.717, 1.165) is 37.3 Å². The van der Waals surface area contributed by atoms with E-state index in [1.165, 1.54) is 16.9 Å². The zero-order valence-electron chi connectivity index (χ0n) is 21.2. The van der Waals surface area contributed by atoms with E-state index < -0.39 is 0 Å². The Kier molecular flexibility index (Phi) is 6.00. The van der Waals surface area contributed by atoms with Crippen molar-refractivity contribution in [1.29, 1.82) is 0 Å². The van der Waals surface area contributed by atoms with Gasteiger partial charge in [0.15, 0.2) is 5.65 Å². The second-order valence-electron chi connectivity index (χ2n) is 9.61. The molecule has 0 atom stereocenters. The Morgan fingerprint density at radius 1 is 1.03 bits per heavy atom. The minimum atomic E-state index is -0.327. The molecule has 1 saturated heterocycles. The summed E-state index contributed by atoms with van der Waals surface area (Å²) in [7, 11) is 2.07. The summed E-state index contributed by atoms with van der Waals surface area (Å²) in [4.78, 5) is 31.4. The topological polar surface area (TPSA) is 83.6 Å². The zero-order chi connectivity index (χ0) is 26.6. The molecule has 0 saturated carbocycles. The number of rotatable bonds is 4. The highest BCUT2D eigenvalue weighted by atomic mass is 35.5. The SMILES string of the molecule is Cc1cc(Nc2ncc3c(=O)n(-c4c(C)cccc4Cl)n4ccnc4c3n2)cc(F)c1N1CCN(C)CC1.